The van der Waals surface area contributed by atoms with Crippen molar-refractivity contribution >= 4 is 52.5 Å². The molecule has 2 aromatic carbocycles. The smallest absolute Gasteiger partial charge is 0.251 e. The maximum absolute atomic E-state index is 12.5. The molecule has 0 bridgehead atoms. The first kappa shape index (κ1) is 23.1. The zero-order valence-corrected chi connectivity index (χ0v) is 19.5. The highest BCUT2D eigenvalue weighted by molar-refractivity contribution is 7.99. The Bertz CT molecular complexity index is 1120. The Morgan fingerprint density at radius 3 is 2.68 bits per heavy atom. The van der Waals surface area contributed by atoms with E-state index in [1.807, 2.05) is 32.0 Å². The molecule has 1 aromatic heterocycles. The third kappa shape index (κ3) is 6.00. The molecule has 0 spiro atoms. The second-order valence-electron chi connectivity index (χ2n) is 6.93. The van der Waals surface area contributed by atoms with E-state index in [9.17, 15) is 9.59 Å². The predicted octanol–water partition coefficient (Wildman–Crippen LogP) is 4.65. The van der Waals surface area contributed by atoms with Gasteiger partial charge < -0.3 is 15.2 Å². The summed E-state index contributed by atoms with van der Waals surface area (Å²) in [6, 6.07) is 11.9. The van der Waals surface area contributed by atoms with Crippen molar-refractivity contribution in [2.24, 2.45) is 7.05 Å². The van der Waals surface area contributed by atoms with Crippen molar-refractivity contribution in [3.8, 4) is 0 Å². The summed E-state index contributed by atoms with van der Waals surface area (Å²) in [6.45, 7) is 3.77. The van der Waals surface area contributed by atoms with Crippen molar-refractivity contribution in [1.29, 1.82) is 0 Å². The van der Waals surface area contributed by atoms with Crippen LogP contribution < -0.4 is 10.6 Å². The minimum absolute atomic E-state index is 0.110. The molecule has 162 valence electrons. The normalized spacial score (nSPS) is 11.8. The van der Waals surface area contributed by atoms with Gasteiger partial charge in [0.15, 0.2) is 11.0 Å². The van der Waals surface area contributed by atoms with E-state index >= 15 is 0 Å². The van der Waals surface area contributed by atoms with Crippen LogP contribution in [0.5, 0.6) is 0 Å². The van der Waals surface area contributed by atoms with E-state index in [-0.39, 0.29) is 23.6 Å². The molecule has 31 heavy (non-hydrogen) atoms. The molecule has 10 heteroatoms. The molecule has 0 aliphatic heterocycles. The van der Waals surface area contributed by atoms with Crippen LogP contribution in [0.15, 0.2) is 47.6 Å². The first-order chi connectivity index (χ1) is 14.7. The van der Waals surface area contributed by atoms with Gasteiger partial charge in [0.05, 0.1) is 22.5 Å². The summed E-state index contributed by atoms with van der Waals surface area (Å²) in [5.41, 5.74) is 2.04. The Morgan fingerprint density at radius 1 is 1.16 bits per heavy atom. The number of halogens is 2. The average Bonchev–Trinajstić information content (AvgIpc) is 3.09. The molecule has 3 aromatic rings. The van der Waals surface area contributed by atoms with E-state index in [0.29, 0.717) is 32.3 Å². The fourth-order valence-corrected chi connectivity index (χ4v) is 3.92. The molecule has 0 unspecified atom stereocenters. The van der Waals surface area contributed by atoms with Crippen molar-refractivity contribution in [1.82, 2.24) is 20.1 Å². The lowest BCUT2D eigenvalue weighted by Gasteiger charge is -2.14. The Hall–Kier alpha value is -2.55. The lowest BCUT2D eigenvalue weighted by Crippen LogP contribution is -2.28. The minimum Gasteiger partial charge on any atom is -0.342 e. The number of hydrogen-bond acceptors (Lipinski definition) is 5. The number of rotatable bonds is 7. The van der Waals surface area contributed by atoms with Crippen molar-refractivity contribution < 1.29 is 9.59 Å². The van der Waals surface area contributed by atoms with Gasteiger partial charge >= 0.3 is 0 Å². The Labute approximate surface area is 194 Å². The van der Waals surface area contributed by atoms with Crippen molar-refractivity contribution in [2.45, 2.75) is 25.0 Å². The molecule has 0 fully saturated rings. The number of aromatic nitrogens is 3. The van der Waals surface area contributed by atoms with Crippen LogP contribution in [0.2, 0.25) is 10.0 Å². The van der Waals surface area contributed by atoms with E-state index in [1.54, 1.807) is 35.9 Å². The zero-order valence-electron chi connectivity index (χ0n) is 17.1. The summed E-state index contributed by atoms with van der Waals surface area (Å²) >= 11 is 13.2. The topological polar surface area (TPSA) is 88.9 Å². The molecule has 0 radical (unpaired) electrons. The van der Waals surface area contributed by atoms with Crippen molar-refractivity contribution in [2.75, 3.05) is 11.1 Å². The van der Waals surface area contributed by atoms with Crippen LogP contribution in [0.25, 0.3) is 0 Å². The Balaban J connectivity index is 1.59. The standard InChI is InChI=1S/C21H21Cl2N5O2S/c1-12-5-4-6-14(9-12)20(30)24-13(2)19-26-27-21(28(19)3)31-11-18(29)25-17-10-15(22)7-8-16(17)23/h4-10,13H,11H2,1-3H3,(H,24,30)(H,25,29)/t13-/m1/s1. The Kier molecular flexibility index (Phi) is 7.59. The predicted molar refractivity (Wildman–Crippen MR) is 124 cm³/mol. The number of hydrogen-bond donors (Lipinski definition) is 2. The fourth-order valence-electron chi connectivity index (χ4n) is 2.87. The summed E-state index contributed by atoms with van der Waals surface area (Å²) in [6.07, 6.45) is 0. The number of nitrogens with one attached hydrogen (secondary N) is 2. The van der Waals surface area contributed by atoms with Gasteiger partial charge in [-0.05, 0) is 44.2 Å². The lowest BCUT2D eigenvalue weighted by molar-refractivity contribution is -0.113. The molecule has 7 nitrogen and oxygen atoms in total. The molecular formula is C21H21Cl2N5O2S. The molecule has 0 aliphatic rings. The molecular weight excluding hydrogens is 457 g/mol. The summed E-state index contributed by atoms with van der Waals surface area (Å²) in [5, 5.41) is 15.4. The van der Waals surface area contributed by atoms with Gasteiger partial charge in [0.1, 0.15) is 0 Å². The highest BCUT2D eigenvalue weighted by Gasteiger charge is 2.19. The first-order valence-corrected chi connectivity index (χ1v) is 11.1. The molecule has 2 amide bonds. The van der Waals surface area contributed by atoms with E-state index in [1.165, 1.54) is 11.8 Å². The highest BCUT2D eigenvalue weighted by atomic mass is 35.5. The van der Waals surface area contributed by atoms with Gasteiger partial charge in [-0.2, -0.15) is 0 Å². The van der Waals surface area contributed by atoms with Gasteiger partial charge in [-0.25, -0.2) is 0 Å². The molecule has 3 rings (SSSR count). The third-order valence-electron chi connectivity index (χ3n) is 4.42. The quantitative estimate of drug-likeness (QED) is 0.483. The van der Waals surface area contributed by atoms with Gasteiger partial charge in [0, 0.05) is 17.6 Å². The van der Waals surface area contributed by atoms with E-state index in [0.717, 1.165) is 5.56 Å². The maximum atomic E-state index is 12.5. The van der Waals surface area contributed by atoms with Gasteiger partial charge in [-0.15, -0.1) is 10.2 Å². The van der Waals surface area contributed by atoms with Crippen LogP contribution >= 0.6 is 35.0 Å². The molecule has 0 saturated heterocycles. The van der Waals surface area contributed by atoms with Gasteiger partial charge in [-0.3, -0.25) is 9.59 Å². The number of anilines is 1. The van der Waals surface area contributed by atoms with Crippen LogP contribution in [0, 0.1) is 6.92 Å². The van der Waals surface area contributed by atoms with Crippen LogP contribution in [0.3, 0.4) is 0 Å². The summed E-state index contributed by atoms with van der Waals surface area (Å²) in [7, 11) is 1.79. The van der Waals surface area contributed by atoms with E-state index < -0.39 is 0 Å². The summed E-state index contributed by atoms with van der Waals surface area (Å²) < 4.78 is 1.76. The number of amides is 2. The number of nitrogens with zero attached hydrogens (tertiary/aromatic N) is 3. The van der Waals surface area contributed by atoms with Gasteiger partial charge in [-0.1, -0.05) is 52.7 Å². The van der Waals surface area contributed by atoms with E-state index in [4.69, 9.17) is 23.2 Å². The van der Waals surface area contributed by atoms with Crippen LogP contribution in [0.1, 0.15) is 34.7 Å². The highest BCUT2D eigenvalue weighted by Crippen LogP contribution is 2.26. The molecule has 0 saturated carbocycles. The molecule has 2 N–H and O–H groups in total. The second kappa shape index (κ2) is 10.2. The first-order valence-electron chi connectivity index (χ1n) is 9.39. The zero-order chi connectivity index (χ0) is 22.5. The lowest BCUT2D eigenvalue weighted by atomic mass is 10.1. The van der Waals surface area contributed by atoms with Gasteiger partial charge in [0.2, 0.25) is 5.91 Å². The average molecular weight is 478 g/mol. The number of aryl methyl sites for hydroxylation is 1. The molecule has 0 aliphatic carbocycles. The molecule has 1 heterocycles. The number of carbonyl (C=O) groups excluding carboxylic acids is 2. The van der Waals surface area contributed by atoms with Crippen molar-refractivity contribution in [3.63, 3.8) is 0 Å². The Morgan fingerprint density at radius 2 is 1.94 bits per heavy atom. The van der Waals surface area contributed by atoms with Crippen molar-refractivity contribution in [3.05, 3.63) is 69.5 Å². The maximum Gasteiger partial charge on any atom is 0.251 e. The van der Waals surface area contributed by atoms with Gasteiger partial charge in [0.25, 0.3) is 5.91 Å². The number of thioether (sulfide) groups is 1. The summed E-state index contributed by atoms with van der Waals surface area (Å²) in [5.74, 6) is 0.256. The number of carbonyl (C=O) groups is 2. The SMILES string of the molecule is Cc1cccc(C(=O)N[C@H](C)c2nnc(SCC(=O)Nc3cc(Cl)ccc3Cl)n2C)c1. The fraction of sp³-hybridized carbons (Fsp3) is 0.238. The largest absolute Gasteiger partial charge is 0.342 e. The summed E-state index contributed by atoms with van der Waals surface area (Å²) in [4.78, 5) is 24.8. The second-order valence-corrected chi connectivity index (χ2v) is 8.71. The number of benzene rings is 2. The van der Waals surface area contributed by atoms with Crippen LogP contribution in [-0.2, 0) is 11.8 Å². The van der Waals surface area contributed by atoms with Crippen LogP contribution in [-0.4, -0.2) is 32.3 Å². The van der Waals surface area contributed by atoms with E-state index in [2.05, 4.69) is 20.8 Å². The third-order valence-corrected chi connectivity index (χ3v) is 6.00. The van der Waals surface area contributed by atoms with Crippen LogP contribution in [0.4, 0.5) is 5.69 Å². The molecule has 1 atom stereocenters. The monoisotopic (exact) mass is 477 g/mol. The minimum atomic E-state index is -0.362.